The smallest absolute Gasteiger partial charge is 0.328 e. The molecule has 0 aromatic heterocycles. The zero-order valence-electron chi connectivity index (χ0n) is 42.1. The molecule has 0 unspecified atom stereocenters. The van der Waals surface area contributed by atoms with Gasteiger partial charge >= 0.3 is 11.9 Å². The molecule has 27 heteroatoms. The van der Waals surface area contributed by atoms with Crippen LogP contribution in [0.4, 0.5) is 0 Å². The highest BCUT2D eigenvalue weighted by atomic mass is 32.2. The quantitative estimate of drug-likeness (QED) is 0.0269. The second-order valence-electron chi connectivity index (χ2n) is 18.1. The third-order valence-electron chi connectivity index (χ3n) is 11.3. The molecule has 26 nitrogen and oxygen atoms in total. The van der Waals surface area contributed by atoms with Gasteiger partial charge in [0.2, 0.25) is 53.2 Å². The summed E-state index contributed by atoms with van der Waals surface area (Å²) in [5, 5.41) is 58.5. The average Bonchev–Trinajstić information content (AvgIpc) is 3.28. The molecule has 0 rings (SSSR count). The predicted molar refractivity (Wildman–Crippen MR) is 260 cm³/mol. The Labute approximate surface area is 418 Å². The summed E-state index contributed by atoms with van der Waals surface area (Å²) in [7, 11) is 0. The molecule has 0 heterocycles. The number of hydrogen-bond acceptors (Lipinski definition) is 16. The first kappa shape index (κ1) is 65.4. The van der Waals surface area contributed by atoms with Crippen LogP contribution in [-0.4, -0.2) is 171 Å². The van der Waals surface area contributed by atoms with E-state index >= 15 is 0 Å². The van der Waals surface area contributed by atoms with Gasteiger partial charge in [-0.25, -0.2) is 4.79 Å². The summed E-state index contributed by atoms with van der Waals surface area (Å²) < 4.78 is 0. The first-order valence-electron chi connectivity index (χ1n) is 23.5. The van der Waals surface area contributed by atoms with Gasteiger partial charge in [-0.15, -0.1) is 0 Å². The number of aliphatic hydroxyl groups excluding tert-OH is 2. The lowest BCUT2D eigenvalue weighted by molar-refractivity contribution is -0.145. The van der Waals surface area contributed by atoms with Gasteiger partial charge in [0, 0.05) is 6.42 Å². The molecule has 0 aliphatic carbocycles. The van der Waals surface area contributed by atoms with E-state index in [1.165, 1.54) is 39.5 Å². The molecule has 406 valence electrons. The highest BCUT2D eigenvalue weighted by Crippen LogP contribution is 2.12. The Morgan fingerprint density at radius 2 is 0.915 bits per heavy atom. The molecule has 0 spiro atoms. The second-order valence-corrected chi connectivity index (χ2v) is 19.1. The van der Waals surface area contributed by atoms with Gasteiger partial charge in [-0.1, -0.05) is 48.0 Å². The maximum Gasteiger partial charge on any atom is 0.328 e. The van der Waals surface area contributed by atoms with E-state index in [4.69, 9.17) is 17.2 Å². The van der Waals surface area contributed by atoms with E-state index in [-0.39, 0.29) is 31.7 Å². The number of carboxylic acids is 2. The Kier molecular flexibility index (Phi) is 30.5. The number of carboxylic acid groups (broad SMARTS) is 2. The van der Waals surface area contributed by atoms with Gasteiger partial charge in [-0.05, 0) is 82.3 Å². The summed E-state index contributed by atoms with van der Waals surface area (Å²) in [5.74, 6) is -12.9. The van der Waals surface area contributed by atoms with E-state index in [1.807, 2.05) is 6.92 Å². The van der Waals surface area contributed by atoms with E-state index in [0.717, 1.165) is 13.8 Å². The molecule has 9 amide bonds. The largest absolute Gasteiger partial charge is 0.481 e. The highest BCUT2D eigenvalue weighted by molar-refractivity contribution is 7.98. The predicted octanol–water partition coefficient (Wildman–Crippen LogP) is -3.98. The fraction of sp³-hybridized carbons (Fsp3) is 0.750. The number of rotatable bonds is 35. The Morgan fingerprint density at radius 1 is 0.521 bits per heavy atom. The number of nitrogens with two attached hydrogens (primary N) is 3. The molecule has 0 aliphatic rings. The van der Waals surface area contributed by atoms with Crippen LogP contribution < -0.4 is 59.7 Å². The summed E-state index contributed by atoms with van der Waals surface area (Å²) in [6, 6.07) is -13.4. The van der Waals surface area contributed by atoms with Crippen LogP contribution in [0.15, 0.2) is 0 Å². The number of hydrogen-bond donors (Lipinski definition) is 15. The fourth-order valence-electron chi connectivity index (χ4n) is 6.66. The van der Waals surface area contributed by atoms with Gasteiger partial charge in [0.25, 0.3) is 0 Å². The Morgan fingerprint density at radius 3 is 1.32 bits per heavy atom. The number of nitrogens with one attached hydrogen (secondary N) is 8. The van der Waals surface area contributed by atoms with E-state index in [0.29, 0.717) is 18.6 Å². The van der Waals surface area contributed by atoms with E-state index in [2.05, 4.69) is 42.5 Å². The van der Waals surface area contributed by atoms with Crippen LogP contribution in [0.2, 0.25) is 0 Å². The minimum Gasteiger partial charge on any atom is -0.481 e. The molecular formula is C44H79N11O15S. The molecule has 18 N–H and O–H groups in total. The first-order chi connectivity index (χ1) is 33.0. The molecule has 0 saturated heterocycles. The molecular weight excluding hydrogens is 955 g/mol. The van der Waals surface area contributed by atoms with Crippen molar-refractivity contribution in [3.63, 3.8) is 0 Å². The second kappa shape index (κ2) is 33.1. The highest BCUT2D eigenvalue weighted by Gasteiger charge is 2.38. The van der Waals surface area contributed by atoms with Gasteiger partial charge in [0.05, 0.1) is 24.7 Å². The summed E-state index contributed by atoms with van der Waals surface area (Å²) in [5.41, 5.74) is 17.2. The summed E-state index contributed by atoms with van der Waals surface area (Å²) >= 11 is 1.38. The van der Waals surface area contributed by atoms with Crippen LogP contribution in [0.3, 0.4) is 0 Å². The minimum atomic E-state index is -1.79. The van der Waals surface area contributed by atoms with Crippen molar-refractivity contribution >= 4 is 76.9 Å². The van der Waals surface area contributed by atoms with Crippen molar-refractivity contribution in [3.05, 3.63) is 0 Å². The van der Waals surface area contributed by atoms with Gasteiger partial charge in [0.15, 0.2) is 6.04 Å². The van der Waals surface area contributed by atoms with Crippen LogP contribution in [-0.2, 0) is 52.7 Å². The van der Waals surface area contributed by atoms with Crippen LogP contribution in [0.25, 0.3) is 0 Å². The molecule has 12 atom stereocenters. The topological polar surface area (TPSA) is 443 Å². The van der Waals surface area contributed by atoms with Gasteiger partial charge in [0.1, 0.15) is 42.3 Å². The normalized spacial score (nSPS) is 16.4. The Bertz CT molecular complexity index is 1820. The monoisotopic (exact) mass is 1030 g/mol. The van der Waals surface area contributed by atoms with Crippen LogP contribution >= 0.6 is 11.8 Å². The van der Waals surface area contributed by atoms with Crippen LogP contribution in [0.1, 0.15) is 107 Å². The van der Waals surface area contributed by atoms with Crippen molar-refractivity contribution < 1.29 is 73.2 Å². The number of thioether (sulfide) groups is 1. The van der Waals surface area contributed by atoms with Crippen molar-refractivity contribution in [2.45, 2.75) is 173 Å². The number of aliphatic hydroxyl groups is 2. The molecule has 0 fully saturated rings. The van der Waals surface area contributed by atoms with Crippen molar-refractivity contribution in [3.8, 4) is 0 Å². The third-order valence-corrected chi connectivity index (χ3v) is 11.9. The Balaban J connectivity index is 6.63. The Hall–Kier alpha value is -5.64. The molecule has 0 aliphatic heterocycles. The molecule has 71 heavy (non-hydrogen) atoms. The van der Waals surface area contributed by atoms with E-state index < -0.39 is 163 Å². The number of aliphatic carboxylic acids is 2. The lowest BCUT2D eigenvalue weighted by Crippen LogP contribution is -2.63. The molecule has 0 radical (unpaired) electrons. The molecule has 0 saturated carbocycles. The zero-order valence-corrected chi connectivity index (χ0v) is 42.9. The number of carbonyl (C=O) groups is 11. The van der Waals surface area contributed by atoms with E-state index in [1.54, 1.807) is 13.2 Å². The summed E-state index contributed by atoms with van der Waals surface area (Å²) in [6.07, 6.45) is -2.08. The van der Waals surface area contributed by atoms with Crippen molar-refractivity contribution in [1.29, 1.82) is 0 Å². The van der Waals surface area contributed by atoms with Crippen LogP contribution in [0, 0.1) is 17.8 Å². The average molecular weight is 1030 g/mol. The van der Waals surface area contributed by atoms with Crippen molar-refractivity contribution in [2.24, 2.45) is 35.0 Å². The minimum absolute atomic E-state index is 0.112. The maximum absolute atomic E-state index is 14.0. The lowest BCUT2D eigenvalue weighted by Gasteiger charge is -2.30. The lowest BCUT2D eigenvalue weighted by atomic mass is 9.99. The first-order valence-corrected chi connectivity index (χ1v) is 24.9. The zero-order chi connectivity index (χ0) is 54.9. The number of unbranched alkanes of at least 4 members (excludes halogenated alkanes) is 1. The summed E-state index contributed by atoms with van der Waals surface area (Å²) in [4.78, 5) is 144. The van der Waals surface area contributed by atoms with Gasteiger partial charge < -0.3 is 80.2 Å². The maximum atomic E-state index is 14.0. The van der Waals surface area contributed by atoms with E-state index in [9.17, 15) is 73.2 Å². The summed E-state index contributed by atoms with van der Waals surface area (Å²) in [6.45, 7) is 12.1. The van der Waals surface area contributed by atoms with Crippen molar-refractivity contribution in [2.75, 3.05) is 18.6 Å². The number of amides is 9. The van der Waals surface area contributed by atoms with Crippen LogP contribution in [0.5, 0.6) is 0 Å². The SMILES string of the molecule is CC[C@H](C)[C@H](N)C(=O)N[C@@H](CCSC)C(=O)N[C@@H](CCC(=O)O)C(=O)N[C@@H](CCCCN)C(=O)N[C@@H](CC(N)=O)C(=O)N[C@H](C(=O)N[C@H](C(=O)N[C@H](C(=O)N[C@H](C(=O)O)[C@@H](C)O)C(C)C)[C@@H](C)O)C(C)C. The molecule has 0 bridgehead atoms. The van der Waals surface area contributed by atoms with Crippen molar-refractivity contribution in [1.82, 2.24) is 42.5 Å². The molecule has 0 aromatic rings. The number of carbonyl (C=O) groups excluding carboxylic acids is 9. The fourth-order valence-corrected chi connectivity index (χ4v) is 7.13. The third kappa shape index (κ3) is 23.9. The van der Waals surface area contributed by atoms with Gasteiger partial charge in [-0.2, -0.15) is 11.8 Å². The standard InChI is InChI=1S/C44H79N11O15S/c1-10-22(6)31(47)40(65)50-27(16-18-71-9)38(63)49-26(14-15-30(59)60)37(62)48-25(13-11-12-17-45)36(61)51-28(19-29(46)58)39(64)52-32(20(2)3)41(66)54-34(23(7)56)43(68)53-33(21(4)5)42(67)55-35(24(8)57)44(69)70/h20-28,31-35,56-57H,10-19,45,47H2,1-9H3,(H2,46,58)(H,48,62)(H,49,63)(H,50,65)(H,51,61)(H,52,64)(H,53,68)(H,54,66)(H,55,67)(H,59,60)(H,69,70)/t22-,23+,24+,25-,26-,27-,28-,31-,32-,33-,34-,35-/m0/s1. The van der Waals surface area contributed by atoms with Gasteiger partial charge in [-0.3, -0.25) is 47.9 Å². The number of primary amides is 1. The molecule has 0 aromatic carbocycles.